The Morgan fingerprint density at radius 3 is 2.41 bits per heavy atom. The van der Waals surface area contributed by atoms with Gasteiger partial charge in [-0.2, -0.15) is 0 Å². The molecule has 0 atom stereocenters. The van der Waals surface area contributed by atoms with Crippen molar-refractivity contribution in [3.63, 3.8) is 0 Å². The molecule has 1 aromatic rings. The molecule has 0 spiro atoms. The number of nitrogens with zero attached hydrogens (tertiary/aromatic N) is 4. The molecule has 5 heteroatoms. The summed E-state index contributed by atoms with van der Waals surface area (Å²) in [5.41, 5.74) is 2.06. The van der Waals surface area contributed by atoms with E-state index >= 15 is 0 Å². The van der Waals surface area contributed by atoms with Gasteiger partial charge >= 0.3 is 0 Å². The van der Waals surface area contributed by atoms with Crippen molar-refractivity contribution < 1.29 is 4.79 Å². The van der Waals surface area contributed by atoms with Crippen molar-refractivity contribution >= 4 is 11.9 Å². The molecule has 0 aliphatic carbocycles. The number of aromatic nitrogens is 2. The Hall–Kier alpha value is -1.65. The maximum absolute atomic E-state index is 11.9. The van der Waals surface area contributed by atoms with Gasteiger partial charge in [-0.05, 0) is 51.5 Å². The lowest BCUT2D eigenvalue weighted by atomic mass is 9.95. The summed E-state index contributed by atoms with van der Waals surface area (Å²) < 4.78 is 0. The largest absolute Gasteiger partial charge is 0.342 e. The molecule has 120 valence electrons. The standard InChI is InChI=1S/C17H26N4O/c1-13-11-14(2)19-17(18-13)20-9-6-15(7-10-20)12-21-8-4-3-5-16(21)22/h11,15H,3-10,12H2,1-2H3. The van der Waals surface area contributed by atoms with Crippen molar-refractivity contribution in [2.24, 2.45) is 5.92 Å². The Kier molecular flexibility index (Phi) is 4.60. The predicted octanol–water partition coefficient (Wildman–Crippen LogP) is 2.32. The zero-order valence-electron chi connectivity index (χ0n) is 13.7. The Morgan fingerprint density at radius 1 is 1.09 bits per heavy atom. The highest BCUT2D eigenvalue weighted by Gasteiger charge is 2.26. The minimum absolute atomic E-state index is 0.353. The van der Waals surface area contributed by atoms with Crippen molar-refractivity contribution in [1.29, 1.82) is 0 Å². The minimum Gasteiger partial charge on any atom is -0.342 e. The van der Waals surface area contributed by atoms with Crippen LogP contribution in [-0.2, 0) is 4.79 Å². The summed E-state index contributed by atoms with van der Waals surface area (Å²) in [6.45, 7) is 7.94. The summed E-state index contributed by atoms with van der Waals surface area (Å²) in [5, 5.41) is 0. The molecule has 0 bridgehead atoms. The fourth-order valence-corrected chi connectivity index (χ4v) is 3.53. The average Bonchev–Trinajstić information content (AvgIpc) is 2.49. The van der Waals surface area contributed by atoms with Gasteiger partial charge < -0.3 is 9.80 Å². The molecule has 0 aromatic carbocycles. The van der Waals surface area contributed by atoms with Crippen LogP contribution in [0, 0.1) is 19.8 Å². The summed E-state index contributed by atoms with van der Waals surface area (Å²) in [6.07, 6.45) is 5.23. The van der Waals surface area contributed by atoms with Crippen LogP contribution in [0.4, 0.5) is 5.95 Å². The highest BCUT2D eigenvalue weighted by atomic mass is 16.2. The third-order valence-corrected chi connectivity index (χ3v) is 4.77. The van der Waals surface area contributed by atoms with Gasteiger partial charge in [-0.1, -0.05) is 0 Å². The van der Waals surface area contributed by atoms with Crippen molar-refractivity contribution in [3.05, 3.63) is 17.5 Å². The monoisotopic (exact) mass is 302 g/mol. The number of likely N-dealkylation sites (tertiary alicyclic amines) is 1. The fraction of sp³-hybridized carbons (Fsp3) is 0.706. The van der Waals surface area contributed by atoms with Gasteiger partial charge in [0.15, 0.2) is 0 Å². The van der Waals surface area contributed by atoms with Crippen molar-refractivity contribution in [2.75, 3.05) is 31.1 Å². The topological polar surface area (TPSA) is 49.3 Å². The fourth-order valence-electron chi connectivity index (χ4n) is 3.53. The van der Waals surface area contributed by atoms with Gasteiger partial charge in [0.05, 0.1) is 0 Å². The summed E-state index contributed by atoms with van der Waals surface area (Å²) in [6, 6.07) is 2.01. The van der Waals surface area contributed by atoms with Gasteiger partial charge in [0.2, 0.25) is 11.9 Å². The van der Waals surface area contributed by atoms with E-state index in [9.17, 15) is 4.79 Å². The molecular weight excluding hydrogens is 276 g/mol. The predicted molar refractivity (Wildman–Crippen MR) is 86.9 cm³/mol. The molecule has 3 rings (SSSR count). The van der Waals surface area contributed by atoms with E-state index in [1.165, 1.54) is 6.42 Å². The Morgan fingerprint density at radius 2 is 1.77 bits per heavy atom. The third-order valence-electron chi connectivity index (χ3n) is 4.77. The molecule has 1 amide bonds. The number of piperidine rings is 2. The zero-order valence-corrected chi connectivity index (χ0v) is 13.7. The number of hydrogen-bond donors (Lipinski definition) is 0. The first-order valence-corrected chi connectivity index (χ1v) is 8.47. The van der Waals surface area contributed by atoms with Crippen LogP contribution in [0.2, 0.25) is 0 Å². The number of amides is 1. The number of hydrogen-bond acceptors (Lipinski definition) is 4. The quantitative estimate of drug-likeness (QED) is 0.860. The van der Waals surface area contributed by atoms with E-state index in [-0.39, 0.29) is 0 Å². The summed E-state index contributed by atoms with van der Waals surface area (Å²) in [7, 11) is 0. The Bertz CT molecular complexity index is 517. The van der Waals surface area contributed by atoms with Crippen LogP contribution in [0.25, 0.3) is 0 Å². The number of rotatable bonds is 3. The summed E-state index contributed by atoms with van der Waals surface area (Å²) >= 11 is 0. The van der Waals surface area contributed by atoms with Gasteiger partial charge in [-0.25, -0.2) is 9.97 Å². The maximum Gasteiger partial charge on any atom is 0.225 e. The van der Waals surface area contributed by atoms with E-state index in [4.69, 9.17) is 0 Å². The van der Waals surface area contributed by atoms with E-state index in [1.807, 2.05) is 19.9 Å². The van der Waals surface area contributed by atoms with Crippen LogP contribution in [0.5, 0.6) is 0 Å². The molecule has 1 aromatic heterocycles. The molecule has 0 saturated carbocycles. The molecule has 2 saturated heterocycles. The molecule has 3 heterocycles. The maximum atomic E-state index is 11.9. The van der Waals surface area contributed by atoms with Crippen LogP contribution < -0.4 is 4.90 Å². The smallest absolute Gasteiger partial charge is 0.225 e. The molecule has 2 fully saturated rings. The first kappa shape index (κ1) is 15.3. The van der Waals surface area contributed by atoms with Crippen LogP contribution in [0.15, 0.2) is 6.07 Å². The zero-order chi connectivity index (χ0) is 15.5. The highest BCUT2D eigenvalue weighted by molar-refractivity contribution is 5.76. The van der Waals surface area contributed by atoms with Crippen molar-refractivity contribution in [2.45, 2.75) is 46.0 Å². The van der Waals surface area contributed by atoms with E-state index in [2.05, 4.69) is 19.8 Å². The van der Waals surface area contributed by atoms with E-state index in [1.54, 1.807) is 0 Å². The lowest BCUT2D eigenvalue weighted by Gasteiger charge is -2.36. The van der Waals surface area contributed by atoms with Gasteiger partial charge in [-0.3, -0.25) is 4.79 Å². The van der Waals surface area contributed by atoms with Gasteiger partial charge in [0, 0.05) is 44.0 Å². The summed E-state index contributed by atoms with van der Waals surface area (Å²) in [4.78, 5) is 25.4. The first-order valence-electron chi connectivity index (χ1n) is 8.47. The second kappa shape index (κ2) is 6.63. The molecular formula is C17H26N4O. The highest BCUT2D eigenvalue weighted by Crippen LogP contribution is 2.23. The van der Waals surface area contributed by atoms with E-state index < -0.39 is 0 Å². The Balaban J connectivity index is 1.54. The van der Waals surface area contributed by atoms with E-state index in [0.29, 0.717) is 11.8 Å². The second-order valence-electron chi connectivity index (χ2n) is 6.68. The summed E-state index contributed by atoms with van der Waals surface area (Å²) in [5.74, 6) is 1.85. The number of aryl methyl sites for hydroxylation is 2. The van der Waals surface area contributed by atoms with Crippen molar-refractivity contribution in [1.82, 2.24) is 14.9 Å². The number of carbonyl (C=O) groups is 1. The molecule has 0 N–H and O–H groups in total. The lowest BCUT2D eigenvalue weighted by molar-refractivity contribution is -0.134. The Labute approximate surface area is 132 Å². The third kappa shape index (κ3) is 3.57. The average molecular weight is 302 g/mol. The van der Waals surface area contributed by atoms with Crippen molar-refractivity contribution in [3.8, 4) is 0 Å². The molecule has 0 unspecified atom stereocenters. The van der Waals surface area contributed by atoms with Crippen LogP contribution >= 0.6 is 0 Å². The van der Waals surface area contributed by atoms with Gasteiger partial charge in [-0.15, -0.1) is 0 Å². The molecule has 5 nitrogen and oxygen atoms in total. The molecule has 0 radical (unpaired) electrons. The minimum atomic E-state index is 0.353. The number of carbonyl (C=O) groups excluding carboxylic acids is 1. The molecule has 22 heavy (non-hydrogen) atoms. The molecule has 2 aliphatic heterocycles. The lowest BCUT2D eigenvalue weighted by Crippen LogP contribution is -2.43. The molecule has 2 aliphatic rings. The van der Waals surface area contributed by atoms with Gasteiger partial charge in [0.25, 0.3) is 0 Å². The van der Waals surface area contributed by atoms with Crippen LogP contribution in [0.3, 0.4) is 0 Å². The van der Waals surface area contributed by atoms with Gasteiger partial charge in [0.1, 0.15) is 0 Å². The van der Waals surface area contributed by atoms with Crippen LogP contribution in [0.1, 0.15) is 43.5 Å². The second-order valence-corrected chi connectivity index (χ2v) is 6.68. The first-order chi connectivity index (χ1) is 10.6. The van der Waals surface area contributed by atoms with Crippen LogP contribution in [-0.4, -0.2) is 47.0 Å². The normalized spacial score (nSPS) is 20.5. The SMILES string of the molecule is Cc1cc(C)nc(N2CCC(CN3CCCCC3=O)CC2)n1. The van der Waals surface area contributed by atoms with E-state index in [0.717, 1.165) is 69.2 Å². The number of anilines is 1.